The molecule has 3 nitrogen and oxygen atoms in total. The predicted octanol–water partition coefficient (Wildman–Crippen LogP) is 4.21. The molecule has 1 aliphatic carbocycles. The molecular weight excluding hydrogens is 300 g/mol. The van der Waals surface area contributed by atoms with Crippen LogP contribution in [0.4, 0.5) is 0 Å². The molecule has 24 heavy (non-hydrogen) atoms. The number of ether oxygens (including phenoxy) is 3. The summed E-state index contributed by atoms with van der Waals surface area (Å²) in [5.41, 5.74) is 2.41. The van der Waals surface area contributed by atoms with E-state index in [1.54, 1.807) is 7.11 Å². The van der Waals surface area contributed by atoms with Gasteiger partial charge < -0.3 is 14.2 Å². The molecule has 0 amide bonds. The molecule has 1 aliphatic rings. The summed E-state index contributed by atoms with van der Waals surface area (Å²) >= 11 is 0. The monoisotopic (exact) mass is 326 g/mol. The van der Waals surface area contributed by atoms with Crippen LogP contribution < -0.4 is 0 Å². The summed E-state index contributed by atoms with van der Waals surface area (Å²) in [4.78, 5) is 0. The van der Waals surface area contributed by atoms with Crippen LogP contribution in [0.2, 0.25) is 0 Å². The second kappa shape index (κ2) is 8.97. The fourth-order valence-corrected chi connectivity index (χ4v) is 3.37. The molecule has 3 unspecified atom stereocenters. The highest BCUT2D eigenvalue weighted by Gasteiger charge is 2.37. The maximum Gasteiger partial charge on any atom is 0.0720 e. The van der Waals surface area contributed by atoms with Gasteiger partial charge in [-0.1, -0.05) is 60.7 Å². The fraction of sp³-hybridized carbons (Fsp3) is 0.429. The molecule has 2 aromatic carbocycles. The van der Waals surface area contributed by atoms with Crippen LogP contribution in [-0.2, 0) is 27.4 Å². The average Bonchev–Trinajstić information content (AvgIpc) is 3.04. The fourth-order valence-electron chi connectivity index (χ4n) is 3.37. The Balaban J connectivity index is 1.51. The van der Waals surface area contributed by atoms with E-state index in [1.807, 2.05) is 36.4 Å². The molecule has 128 valence electrons. The summed E-state index contributed by atoms with van der Waals surface area (Å²) in [7, 11) is 1.79. The molecule has 0 saturated heterocycles. The summed E-state index contributed by atoms with van der Waals surface area (Å²) in [6, 6.07) is 20.6. The second-order valence-electron chi connectivity index (χ2n) is 6.35. The van der Waals surface area contributed by atoms with Crippen LogP contribution in [0.25, 0.3) is 0 Å². The van der Waals surface area contributed by atoms with Gasteiger partial charge in [0.05, 0.1) is 32.0 Å². The quantitative estimate of drug-likeness (QED) is 0.727. The Kier molecular flexibility index (Phi) is 6.41. The van der Waals surface area contributed by atoms with E-state index in [-0.39, 0.29) is 12.2 Å². The Morgan fingerprint density at radius 3 is 2.00 bits per heavy atom. The molecule has 0 radical (unpaired) electrons. The van der Waals surface area contributed by atoms with E-state index in [1.165, 1.54) is 11.1 Å². The third-order valence-electron chi connectivity index (χ3n) is 4.72. The van der Waals surface area contributed by atoms with Crippen LogP contribution >= 0.6 is 0 Å². The SMILES string of the molecule is COC1CCC(OCc2ccccc2)C1COCc1ccccc1. The molecular formula is C21H26O3. The lowest BCUT2D eigenvalue weighted by molar-refractivity contribution is -0.0553. The van der Waals surface area contributed by atoms with Crippen LogP contribution in [0.1, 0.15) is 24.0 Å². The lowest BCUT2D eigenvalue weighted by Gasteiger charge is -2.24. The third kappa shape index (κ3) is 4.67. The molecule has 0 spiro atoms. The van der Waals surface area contributed by atoms with Crippen molar-refractivity contribution in [1.82, 2.24) is 0 Å². The Morgan fingerprint density at radius 1 is 0.792 bits per heavy atom. The summed E-state index contributed by atoms with van der Waals surface area (Å²) in [5, 5.41) is 0. The molecule has 0 aromatic heterocycles. The number of rotatable bonds is 8. The number of hydrogen-bond donors (Lipinski definition) is 0. The van der Waals surface area contributed by atoms with Crippen molar-refractivity contribution in [3.63, 3.8) is 0 Å². The Hall–Kier alpha value is -1.68. The van der Waals surface area contributed by atoms with Gasteiger partial charge in [-0.05, 0) is 24.0 Å². The molecule has 2 aromatic rings. The van der Waals surface area contributed by atoms with Gasteiger partial charge in [-0.3, -0.25) is 0 Å². The molecule has 1 saturated carbocycles. The molecule has 3 heteroatoms. The molecule has 0 bridgehead atoms. The van der Waals surface area contributed by atoms with E-state index in [4.69, 9.17) is 14.2 Å². The Morgan fingerprint density at radius 2 is 1.38 bits per heavy atom. The molecule has 1 fully saturated rings. The summed E-state index contributed by atoms with van der Waals surface area (Å²) < 4.78 is 17.8. The standard InChI is InChI=1S/C21H26O3/c1-22-20-12-13-21(24-15-18-10-6-3-7-11-18)19(20)16-23-14-17-8-4-2-5-9-17/h2-11,19-21H,12-16H2,1H3. The number of hydrogen-bond acceptors (Lipinski definition) is 3. The second-order valence-corrected chi connectivity index (χ2v) is 6.35. The smallest absolute Gasteiger partial charge is 0.0720 e. The van der Waals surface area contributed by atoms with Crippen molar-refractivity contribution in [2.75, 3.05) is 13.7 Å². The first-order valence-corrected chi connectivity index (χ1v) is 8.67. The summed E-state index contributed by atoms with van der Waals surface area (Å²) in [6.45, 7) is 1.96. The van der Waals surface area contributed by atoms with E-state index in [2.05, 4.69) is 24.3 Å². The average molecular weight is 326 g/mol. The summed E-state index contributed by atoms with van der Waals surface area (Å²) in [5.74, 6) is 0.294. The van der Waals surface area contributed by atoms with E-state index in [0.717, 1.165) is 12.8 Å². The van der Waals surface area contributed by atoms with Gasteiger partial charge in [0, 0.05) is 13.0 Å². The van der Waals surface area contributed by atoms with Gasteiger partial charge >= 0.3 is 0 Å². The van der Waals surface area contributed by atoms with Crippen molar-refractivity contribution in [3.8, 4) is 0 Å². The number of benzene rings is 2. The van der Waals surface area contributed by atoms with Crippen molar-refractivity contribution in [1.29, 1.82) is 0 Å². The van der Waals surface area contributed by atoms with Gasteiger partial charge in [-0.25, -0.2) is 0 Å². The van der Waals surface area contributed by atoms with Crippen LogP contribution in [0, 0.1) is 5.92 Å². The van der Waals surface area contributed by atoms with Crippen LogP contribution in [-0.4, -0.2) is 25.9 Å². The predicted molar refractivity (Wildman–Crippen MR) is 94.6 cm³/mol. The molecule has 3 atom stereocenters. The van der Waals surface area contributed by atoms with Crippen molar-refractivity contribution in [2.45, 2.75) is 38.3 Å². The first-order chi connectivity index (χ1) is 11.9. The number of methoxy groups -OCH3 is 1. The topological polar surface area (TPSA) is 27.7 Å². The molecule has 3 rings (SSSR count). The normalized spacial score (nSPS) is 23.5. The zero-order valence-corrected chi connectivity index (χ0v) is 14.3. The zero-order valence-electron chi connectivity index (χ0n) is 14.3. The lowest BCUT2D eigenvalue weighted by Crippen LogP contribution is -2.30. The van der Waals surface area contributed by atoms with E-state index >= 15 is 0 Å². The van der Waals surface area contributed by atoms with E-state index in [0.29, 0.717) is 25.7 Å². The van der Waals surface area contributed by atoms with Crippen molar-refractivity contribution in [3.05, 3.63) is 71.8 Å². The Labute approximate surface area is 144 Å². The van der Waals surface area contributed by atoms with Gasteiger partial charge in [0.1, 0.15) is 0 Å². The highest BCUT2D eigenvalue weighted by molar-refractivity contribution is 5.14. The third-order valence-corrected chi connectivity index (χ3v) is 4.72. The van der Waals surface area contributed by atoms with E-state index < -0.39 is 0 Å². The van der Waals surface area contributed by atoms with Crippen LogP contribution in [0.3, 0.4) is 0 Å². The van der Waals surface area contributed by atoms with Gasteiger partial charge in [0.25, 0.3) is 0 Å². The maximum atomic E-state index is 6.18. The Bertz CT molecular complexity index is 585. The molecule has 0 heterocycles. The van der Waals surface area contributed by atoms with Crippen molar-refractivity contribution >= 4 is 0 Å². The van der Waals surface area contributed by atoms with Gasteiger partial charge in [0.15, 0.2) is 0 Å². The van der Waals surface area contributed by atoms with Gasteiger partial charge in [-0.15, -0.1) is 0 Å². The van der Waals surface area contributed by atoms with Crippen LogP contribution in [0.15, 0.2) is 60.7 Å². The zero-order chi connectivity index (χ0) is 16.6. The minimum atomic E-state index is 0.200. The summed E-state index contributed by atoms with van der Waals surface area (Å²) in [6.07, 6.45) is 2.49. The minimum Gasteiger partial charge on any atom is -0.381 e. The first kappa shape index (κ1) is 17.2. The minimum absolute atomic E-state index is 0.200. The highest BCUT2D eigenvalue weighted by Crippen LogP contribution is 2.32. The van der Waals surface area contributed by atoms with Gasteiger partial charge in [0.2, 0.25) is 0 Å². The lowest BCUT2D eigenvalue weighted by atomic mass is 10.0. The molecule has 0 N–H and O–H groups in total. The highest BCUT2D eigenvalue weighted by atomic mass is 16.5. The van der Waals surface area contributed by atoms with E-state index in [9.17, 15) is 0 Å². The van der Waals surface area contributed by atoms with Gasteiger partial charge in [-0.2, -0.15) is 0 Å². The first-order valence-electron chi connectivity index (χ1n) is 8.67. The largest absolute Gasteiger partial charge is 0.381 e. The van der Waals surface area contributed by atoms with Crippen molar-refractivity contribution < 1.29 is 14.2 Å². The van der Waals surface area contributed by atoms with Crippen molar-refractivity contribution in [2.24, 2.45) is 5.92 Å². The maximum absolute atomic E-state index is 6.18. The van der Waals surface area contributed by atoms with Crippen LogP contribution in [0.5, 0.6) is 0 Å². The molecule has 0 aliphatic heterocycles.